The maximum absolute atomic E-state index is 13.2. The number of Topliss-reactive ketones (excluding diaryl/α,β-unsaturated/α-hetero) is 5. The Balaban J connectivity index is 1.72. The summed E-state index contributed by atoms with van der Waals surface area (Å²) >= 11 is 0. The van der Waals surface area contributed by atoms with Gasteiger partial charge >= 0.3 is 0 Å². The van der Waals surface area contributed by atoms with Crippen LogP contribution in [0.15, 0.2) is 23.3 Å². The molecule has 0 heterocycles. The number of benzene rings is 1. The molecular formula is C30H38O5. The molecule has 0 saturated heterocycles. The monoisotopic (exact) mass is 478 g/mol. The summed E-state index contributed by atoms with van der Waals surface area (Å²) in [5.74, 6) is 0.306. The maximum atomic E-state index is 13.2. The fourth-order valence-electron chi connectivity index (χ4n) is 6.23. The Morgan fingerprint density at radius 1 is 0.971 bits per heavy atom. The topological polar surface area (TPSA) is 85.3 Å². The van der Waals surface area contributed by atoms with E-state index in [1.54, 1.807) is 0 Å². The van der Waals surface area contributed by atoms with Gasteiger partial charge in [-0.05, 0) is 88.3 Å². The van der Waals surface area contributed by atoms with Gasteiger partial charge < -0.3 is 4.79 Å². The predicted octanol–water partition coefficient (Wildman–Crippen LogP) is 5.52. The molecule has 0 bridgehead atoms. The molecule has 0 spiro atoms. The molecule has 0 fully saturated rings. The standard InChI is InChI=1S/C30H38O5/c1-6-26-24(12-17(2)28(20(5)32)30(26)35)14-21-13-23-11-10-22(19(4)29(23)27(34)15-21)16-25(33)9-7-8-18(3)31/h10-11,21,24,26H,6-9,12-16H2,1-5H3. The van der Waals surface area contributed by atoms with Crippen LogP contribution >= 0.6 is 0 Å². The third-order valence-electron chi connectivity index (χ3n) is 7.87. The molecule has 0 radical (unpaired) electrons. The van der Waals surface area contributed by atoms with E-state index in [0.29, 0.717) is 44.1 Å². The number of carbonyl (C=O) groups excluding carboxylic acids is 5. The van der Waals surface area contributed by atoms with Crippen LogP contribution in [0.5, 0.6) is 0 Å². The van der Waals surface area contributed by atoms with Crippen molar-refractivity contribution in [2.24, 2.45) is 17.8 Å². The van der Waals surface area contributed by atoms with Gasteiger partial charge in [0, 0.05) is 37.2 Å². The van der Waals surface area contributed by atoms with Crippen LogP contribution in [0.2, 0.25) is 0 Å². The number of hydrogen-bond donors (Lipinski definition) is 0. The summed E-state index contributed by atoms with van der Waals surface area (Å²) in [4.78, 5) is 61.7. The number of rotatable bonds is 10. The van der Waals surface area contributed by atoms with Crippen molar-refractivity contribution < 1.29 is 24.0 Å². The molecule has 1 aromatic rings. The summed E-state index contributed by atoms with van der Waals surface area (Å²) in [6.45, 7) is 8.83. The third-order valence-corrected chi connectivity index (χ3v) is 7.87. The van der Waals surface area contributed by atoms with Gasteiger partial charge in [0.25, 0.3) is 0 Å². The minimum absolute atomic E-state index is 0.0234. The van der Waals surface area contributed by atoms with Crippen LogP contribution in [0.1, 0.15) is 99.7 Å². The molecule has 3 atom stereocenters. The lowest BCUT2D eigenvalue weighted by molar-refractivity contribution is -0.125. The van der Waals surface area contributed by atoms with Crippen molar-refractivity contribution in [1.82, 2.24) is 0 Å². The largest absolute Gasteiger partial charge is 0.300 e. The Hall–Kier alpha value is -2.69. The molecular weight excluding hydrogens is 440 g/mol. The third kappa shape index (κ3) is 6.12. The van der Waals surface area contributed by atoms with Crippen LogP contribution in [-0.2, 0) is 32.0 Å². The van der Waals surface area contributed by atoms with Crippen LogP contribution in [-0.4, -0.2) is 28.9 Å². The SMILES string of the molecule is CCC1C(=O)C(C(C)=O)=C(C)CC1CC1CC(=O)c2c(ccc(CC(=O)CCCC(C)=O)c2C)C1. The van der Waals surface area contributed by atoms with Crippen LogP contribution in [0.3, 0.4) is 0 Å². The van der Waals surface area contributed by atoms with E-state index >= 15 is 0 Å². The van der Waals surface area contributed by atoms with E-state index in [-0.39, 0.29) is 46.7 Å². The van der Waals surface area contributed by atoms with Crippen LogP contribution in [0.25, 0.3) is 0 Å². The molecule has 5 nitrogen and oxygen atoms in total. The Kier molecular flexibility index (Phi) is 8.74. The fraction of sp³-hybridized carbons (Fsp3) is 0.567. The van der Waals surface area contributed by atoms with Crippen LogP contribution in [0.4, 0.5) is 0 Å². The quantitative estimate of drug-likeness (QED) is 0.413. The van der Waals surface area contributed by atoms with Crippen molar-refractivity contribution in [1.29, 1.82) is 0 Å². The highest BCUT2D eigenvalue weighted by Gasteiger charge is 2.38. The zero-order valence-electron chi connectivity index (χ0n) is 21.8. The highest BCUT2D eigenvalue weighted by molar-refractivity contribution is 6.21. The van der Waals surface area contributed by atoms with E-state index in [1.807, 2.05) is 32.9 Å². The van der Waals surface area contributed by atoms with Crippen molar-refractivity contribution in [3.63, 3.8) is 0 Å². The fourth-order valence-corrected chi connectivity index (χ4v) is 6.23. The second kappa shape index (κ2) is 11.4. The summed E-state index contributed by atoms with van der Waals surface area (Å²) < 4.78 is 0. The van der Waals surface area contributed by atoms with E-state index in [2.05, 4.69) is 0 Å². The van der Waals surface area contributed by atoms with E-state index in [9.17, 15) is 24.0 Å². The summed E-state index contributed by atoms with van der Waals surface area (Å²) in [5.41, 5.74) is 4.85. The average molecular weight is 479 g/mol. The first kappa shape index (κ1) is 26.9. The van der Waals surface area contributed by atoms with E-state index in [0.717, 1.165) is 47.1 Å². The summed E-state index contributed by atoms with van der Waals surface area (Å²) in [5, 5.41) is 0. The molecule has 1 aromatic carbocycles. The number of fused-ring (bicyclic) bond motifs is 1. The molecule has 35 heavy (non-hydrogen) atoms. The van der Waals surface area contributed by atoms with Gasteiger partial charge in [-0.2, -0.15) is 0 Å². The van der Waals surface area contributed by atoms with Crippen LogP contribution < -0.4 is 0 Å². The lowest BCUT2D eigenvalue weighted by atomic mass is 9.67. The minimum Gasteiger partial charge on any atom is -0.300 e. The molecule has 3 rings (SSSR count). The minimum atomic E-state index is -0.160. The summed E-state index contributed by atoms with van der Waals surface area (Å²) in [6.07, 6.45) is 5.15. The molecule has 0 N–H and O–H groups in total. The molecule has 3 unspecified atom stereocenters. The van der Waals surface area contributed by atoms with Crippen molar-refractivity contribution in [2.45, 2.75) is 92.4 Å². The number of carbonyl (C=O) groups is 5. The Bertz CT molecular complexity index is 1090. The number of hydrogen-bond acceptors (Lipinski definition) is 5. The first-order valence-corrected chi connectivity index (χ1v) is 12.9. The molecule has 2 aliphatic carbocycles. The lowest BCUT2D eigenvalue weighted by Crippen LogP contribution is -2.35. The van der Waals surface area contributed by atoms with Gasteiger partial charge in [-0.15, -0.1) is 0 Å². The highest BCUT2D eigenvalue weighted by Crippen LogP contribution is 2.41. The van der Waals surface area contributed by atoms with Crippen LogP contribution in [0, 0.1) is 24.7 Å². The highest BCUT2D eigenvalue weighted by atomic mass is 16.2. The maximum Gasteiger partial charge on any atom is 0.169 e. The van der Waals surface area contributed by atoms with Crippen molar-refractivity contribution in [3.8, 4) is 0 Å². The Labute approximate surface area is 208 Å². The van der Waals surface area contributed by atoms with E-state index in [4.69, 9.17) is 0 Å². The van der Waals surface area contributed by atoms with E-state index in [1.165, 1.54) is 13.8 Å². The normalized spacial score (nSPS) is 22.3. The van der Waals surface area contributed by atoms with Gasteiger partial charge in [0.2, 0.25) is 0 Å². The molecule has 5 heteroatoms. The van der Waals surface area contributed by atoms with Gasteiger partial charge in [-0.25, -0.2) is 0 Å². The van der Waals surface area contributed by atoms with Gasteiger partial charge in [0.1, 0.15) is 11.6 Å². The average Bonchev–Trinajstić information content (AvgIpc) is 2.75. The van der Waals surface area contributed by atoms with Gasteiger partial charge in [0.15, 0.2) is 17.3 Å². The Morgan fingerprint density at radius 3 is 2.31 bits per heavy atom. The van der Waals surface area contributed by atoms with Crippen molar-refractivity contribution >= 4 is 28.9 Å². The molecule has 0 aromatic heterocycles. The van der Waals surface area contributed by atoms with Gasteiger partial charge in [0.05, 0.1) is 5.57 Å². The molecule has 0 aliphatic heterocycles. The zero-order chi connectivity index (χ0) is 25.9. The predicted molar refractivity (Wildman–Crippen MR) is 135 cm³/mol. The molecule has 0 saturated carbocycles. The smallest absolute Gasteiger partial charge is 0.169 e. The zero-order valence-corrected chi connectivity index (χ0v) is 21.8. The molecule has 2 aliphatic rings. The number of allylic oxidation sites excluding steroid dienone is 2. The molecule has 188 valence electrons. The van der Waals surface area contributed by atoms with Crippen molar-refractivity contribution in [2.75, 3.05) is 0 Å². The Morgan fingerprint density at radius 2 is 1.69 bits per heavy atom. The van der Waals surface area contributed by atoms with Gasteiger partial charge in [-0.3, -0.25) is 19.2 Å². The van der Waals surface area contributed by atoms with Gasteiger partial charge in [-0.1, -0.05) is 24.6 Å². The second-order valence-corrected chi connectivity index (χ2v) is 10.6. The lowest BCUT2D eigenvalue weighted by Gasteiger charge is -2.35. The summed E-state index contributed by atoms with van der Waals surface area (Å²) in [6, 6.07) is 3.96. The van der Waals surface area contributed by atoms with Crippen molar-refractivity contribution in [3.05, 3.63) is 45.5 Å². The first-order chi connectivity index (χ1) is 16.5. The first-order valence-electron chi connectivity index (χ1n) is 12.9. The number of ketones is 5. The summed E-state index contributed by atoms with van der Waals surface area (Å²) in [7, 11) is 0. The molecule has 0 amide bonds. The van der Waals surface area contributed by atoms with E-state index < -0.39 is 0 Å². The second-order valence-electron chi connectivity index (χ2n) is 10.6.